The normalized spacial score (nSPS) is 11.6. The van der Waals surface area contributed by atoms with Crippen LogP contribution in [0.3, 0.4) is 0 Å². The zero-order valence-corrected chi connectivity index (χ0v) is 12.0. The van der Waals surface area contributed by atoms with E-state index in [2.05, 4.69) is 15.0 Å². The van der Waals surface area contributed by atoms with Crippen molar-refractivity contribution in [1.82, 2.24) is 10.3 Å². The molecule has 5 nitrogen and oxygen atoms in total. The average molecular weight is 297 g/mol. The van der Waals surface area contributed by atoms with E-state index in [0.717, 1.165) is 5.69 Å². The zero-order chi connectivity index (χ0) is 14.8. The molecule has 0 aliphatic rings. The first kappa shape index (κ1) is 14.5. The van der Waals surface area contributed by atoms with Gasteiger partial charge in [-0.3, -0.25) is 4.72 Å². The van der Waals surface area contributed by atoms with E-state index >= 15 is 0 Å². The Kier molecular flexibility index (Phi) is 4.10. The third-order valence-corrected chi connectivity index (χ3v) is 4.18. The Morgan fingerprint density at radius 1 is 1.35 bits per heavy atom. The number of rotatable bonds is 5. The highest BCUT2D eigenvalue weighted by Gasteiger charge is 2.19. The predicted octanol–water partition coefficient (Wildman–Crippen LogP) is 1.98. The van der Waals surface area contributed by atoms with Crippen LogP contribution in [0.5, 0.6) is 0 Å². The third kappa shape index (κ3) is 3.00. The molecule has 7 heteroatoms. The van der Waals surface area contributed by atoms with Crippen molar-refractivity contribution >= 4 is 15.7 Å². The van der Waals surface area contributed by atoms with E-state index in [9.17, 15) is 12.8 Å². The lowest BCUT2D eigenvalue weighted by molar-refractivity contribution is 0.598. The second kappa shape index (κ2) is 5.64. The molecule has 0 unspecified atom stereocenters. The molecule has 108 valence electrons. The number of para-hydroxylation sites is 1. The van der Waals surface area contributed by atoms with Gasteiger partial charge in [0.1, 0.15) is 10.7 Å². The second-order valence-electron chi connectivity index (χ2n) is 4.43. The summed E-state index contributed by atoms with van der Waals surface area (Å²) in [7, 11) is -2.04. The van der Waals surface area contributed by atoms with Crippen molar-refractivity contribution in [3.63, 3.8) is 0 Å². The standard InChI is InChI=1S/C13H16FN3O2S/c1-9-4-3-5-12(14)13(9)17-20(18,19)11-6-10(7-15-2)16-8-11/h3-6,8,15-17H,7H2,1-2H3. The molecule has 2 rings (SSSR count). The quantitative estimate of drug-likeness (QED) is 0.790. The smallest absolute Gasteiger partial charge is 0.263 e. The summed E-state index contributed by atoms with van der Waals surface area (Å²) in [5.74, 6) is -0.598. The van der Waals surface area contributed by atoms with Crippen LogP contribution in [0.15, 0.2) is 35.4 Å². The fraction of sp³-hybridized carbons (Fsp3) is 0.231. The fourth-order valence-electron chi connectivity index (χ4n) is 1.82. The number of halogens is 1. The van der Waals surface area contributed by atoms with Gasteiger partial charge in [0.2, 0.25) is 0 Å². The van der Waals surface area contributed by atoms with Crippen molar-refractivity contribution in [3.8, 4) is 0 Å². The van der Waals surface area contributed by atoms with Crippen LogP contribution in [0.25, 0.3) is 0 Å². The first-order valence-corrected chi connectivity index (χ1v) is 7.52. The lowest BCUT2D eigenvalue weighted by Gasteiger charge is -2.10. The molecule has 3 N–H and O–H groups in total. The van der Waals surface area contributed by atoms with E-state index in [1.165, 1.54) is 24.4 Å². The molecule has 0 saturated heterocycles. The van der Waals surface area contributed by atoms with Crippen molar-refractivity contribution in [3.05, 3.63) is 47.5 Å². The summed E-state index contributed by atoms with van der Waals surface area (Å²) in [5, 5.41) is 2.91. The van der Waals surface area contributed by atoms with Crippen molar-refractivity contribution in [2.24, 2.45) is 0 Å². The van der Waals surface area contributed by atoms with Crippen LogP contribution in [-0.4, -0.2) is 20.4 Å². The van der Waals surface area contributed by atoms with E-state index < -0.39 is 15.8 Å². The highest BCUT2D eigenvalue weighted by atomic mass is 32.2. The molecule has 0 atom stereocenters. The molecule has 0 spiro atoms. The number of hydrogen-bond acceptors (Lipinski definition) is 3. The molecule has 0 bridgehead atoms. The molecule has 0 amide bonds. The fourth-order valence-corrected chi connectivity index (χ4v) is 2.98. The minimum Gasteiger partial charge on any atom is -0.363 e. The Balaban J connectivity index is 2.31. The summed E-state index contributed by atoms with van der Waals surface area (Å²) >= 11 is 0. The van der Waals surface area contributed by atoms with Crippen LogP contribution in [0.1, 0.15) is 11.3 Å². The lowest BCUT2D eigenvalue weighted by atomic mass is 10.2. The van der Waals surface area contributed by atoms with Gasteiger partial charge in [0.15, 0.2) is 0 Å². The topological polar surface area (TPSA) is 74.0 Å². The van der Waals surface area contributed by atoms with Crippen LogP contribution in [0, 0.1) is 12.7 Å². The van der Waals surface area contributed by atoms with Crippen LogP contribution in [-0.2, 0) is 16.6 Å². The Bertz CT molecular complexity index is 690. The summed E-state index contributed by atoms with van der Waals surface area (Å²) in [6.07, 6.45) is 1.38. The van der Waals surface area contributed by atoms with Gasteiger partial charge in [-0.2, -0.15) is 0 Å². The van der Waals surface area contributed by atoms with E-state index in [4.69, 9.17) is 0 Å². The maximum atomic E-state index is 13.7. The number of nitrogens with one attached hydrogen (secondary N) is 3. The SMILES string of the molecule is CNCc1cc(S(=O)(=O)Nc2c(C)cccc2F)c[nH]1. The molecule has 0 radical (unpaired) electrons. The van der Waals surface area contributed by atoms with Crippen LogP contribution in [0.4, 0.5) is 10.1 Å². The molecule has 0 aliphatic carbocycles. The number of aromatic nitrogens is 1. The average Bonchev–Trinajstić information content (AvgIpc) is 2.84. The number of aryl methyl sites for hydroxylation is 1. The molecular weight excluding hydrogens is 281 g/mol. The van der Waals surface area contributed by atoms with Crippen LogP contribution < -0.4 is 10.0 Å². The number of anilines is 1. The van der Waals surface area contributed by atoms with Gasteiger partial charge in [-0.05, 0) is 31.7 Å². The van der Waals surface area contributed by atoms with Crippen molar-refractivity contribution in [1.29, 1.82) is 0 Å². The van der Waals surface area contributed by atoms with E-state index in [-0.39, 0.29) is 10.6 Å². The van der Waals surface area contributed by atoms with Gasteiger partial charge in [0, 0.05) is 18.4 Å². The van der Waals surface area contributed by atoms with Crippen molar-refractivity contribution in [2.45, 2.75) is 18.4 Å². The molecular formula is C13H16FN3O2S. The number of sulfonamides is 1. The molecule has 0 saturated carbocycles. The first-order chi connectivity index (χ1) is 9.44. The number of aromatic amines is 1. The van der Waals surface area contributed by atoms with Crippen LogP contribution in [0.2, 0.25) is 0 Å². The number of benzene rings is 1. The molecule has 1 aromatic heterocycles. The Morgan fingerprint density at radius 2 is 2.10 bits per heavy atom. The molecule has 0 fully saturated rings. The second-order valence-corrected chi connectivity index (χ2v) is 6.11. The van der Waals surface area contributed by atoms with Gasteiger partial charge in [-0.1, -0.05) is 12.1 Å². The number of hydrogen-bond donors (Lipinski definition) is 3. The maximum Gasteiger partial charge on any atom is 0.263 e. The highest BCUT2D eigenvalue weighted by molar-refractivity contribution is 7.92. The van der Waals surface area contributed by atoms with Gasteiger partial charge < -0.3 is 10.3 Å². The van der Waals surface area contributed by atoms with Crippen molar-refractivity contribution < 1.29 is 12.8 Å². The summed E-state index contributed by atoms with van der Waals surface area (Å²) < 4.78 is 40.4. The summed E-state index contributed by atoms with van der Waals surface area (Å²) in [4.78, 5) is 2.93. The minimum absolute atomic E-state index is 0.0242. The highest BCUT2D eigenvalue weighted by Crippen LogP contribution is 2.23. The lowest BCUT2D eigenvalue weighted by Crippen LogP contribution is -2.14. The molecule has 1 aromatic carbocycles. The molecule has 20 heavy (non-hydrogen) atoms. The Labute approximate surface area is 117 Å². The summed E-state index contributed by atoms with van der Waals surface area (Å²) in [6, 6.07) is 5.90. The van der Waals surface area contributed by atoms with Crippen molar-refractivity contribution in [2.75, 3.05) is 11.8 Å². The van der Waals surface area contributed by atoms with Crippen LogP contribution >= 0.6 is 0 Å². The predicted molar refractivity (Wildman–Crippen MR) is 75.5 cm³/mol. The van der Waals surface area contributed by atoms with Gasteiger partial charge in [0.25, 0.3) is 10.0 Å². The largest absolute Gasteiger partial charge is 0.363 e. The Morgan fingerprint density at radius 3 is 2.75 bits per heavy atom. The third-order valence-electron chi connectivity index (χ3n) is 2.85. The van der Waals surface area contributed by atoms with Gasteiger partial charge in [0.05, 0.1) is 5.69 Å². The zero-order valence-electron chi connectivity index (χ0n) is 11.2. The van der Waals surface area contributed by atoms with E-state index in [1.54, 1.807) is 20.0 Å². The molecule has 0 aliphatic heterocycles. The van der Waals surface area contributed by atoms with E-state index in [0.29, 0.717) is 12.1 Å². The van der Waals surface area contributed by atoms with Gasteiger partial charge in [-0.25, -0.2) is 12.8 Å². The van der Waals surface area contributed by atoms with Gasteiger partial charge in [-0.15, -0.1) is 0 Å². The summed E-state index contributed by atoms with van der Waals surface area (Å²) in [5.41, 5.74) is 1.24. The Hall–Kier alpha value is -1.86. The first-order valence-electron chi connectivity index (χ1n) is 6.04. The maximum absolute atomic E-state index is 13.7. The molecule has 1 heterocycles. The minimum atomic E-state index is -3.80. The molecule has 2 aromatic rings. The summed E-state index contributed by atoms with van der Waals surface area (Å²) in [6.45, 7) is 2.17. The monoisotopic (exact) mass is 297 g/mol. The number of H-pyrrole nitrogens is 1. The van der Waals surface area contributed by atoms with E-state index in [1.807, 2.05) is 0 Å². The van der Waals surface area contributed by atoms with Gasteiger partial charge >= 0.3 is 0 Å².